The van der Waals surface area contributed by atoms with Gasteiger partial charge in [0, 0.05) is 11.6 Å². The predicted molar refractivity (Wildman–Crippen MR) is 92.3 cm³/mol. The number of nitrogens with one attached hydrogen (secondary N) is 1. The Balaban J connectivity index is 3.01. The minimum Gasteiger partial charge on any atom is -0.315 e. The van der Waals surface area contributed by atoms with E-state index in [1.54, 1.807) is 0 Å². The standard InChI is InChI=1S/C17H28BrFN2/c1-6-17(4,21(7-2)8-3)16(20-5)12-13-9-10-15(19)14(18)11-13/h9-11,16,20H,6-8,12H2,1-5H3. The second-order valence-corrected chi connectivity index (χ2v) is 6.53. The number of rotatable bonds is 8. The van der Waals surface area contributed by atoms with Crippen molar-refractivity contribution < 1.29 is 4.39 Å². The van der Waals surface area contributed by atoms with Gasteiger partial charge in [-0.05, 0) is 73.5 Å². The maximum absolute atomic E-state index is 13.4. The molecular formula is C17H28BrFN2. The monoisotopic (exact) mass is 358 g/mol. The van der Waals surface area contributed by atoms with Crippen LogP contribution in [0.5, 0.6) is 0 Å². The normalized spacial score (nSPS) is 16.0. The molecule has 2 unspecified atom stereocenters. The third-order valence-corrected chi connectivity index (χ3v) is 5.33. The fourth-order valence-electron chi connectivity index (χ4n) is 3.17. The van der Waals surface area contributed by atoms with Gasteiger partial charge in [-0.25, -0.2) is 4.39 Å². The van der Waals surface area contributed by atoms with Crippen LogP contribution in [-0.2, 0) is 6.42 Å². The molecule has 2 nitrogen and oxygen atoms in total. The number of benzene rings is 1. The Hall–Kier alpha value is -0.450. The highest BCUT2D eigenvalue weighted by atomic mass is 79.9. The van der Waals surface area contributed by atoms with Crippen molar-refractivity contribution in [2.24, 2.45) is 0 Å². The molecule has 0 aromatic heterocycles. The molecule has 0 radical (unpaired) electrons. The summed E-state index contributed by atoms with van der Waals surface area (Å²) in [5, 5.41) is 3.47. The van der Waals surface area contributed by atoms with E-state index in [-0.39, 0.29) is 11.4 Å². The van der Waals surface area contributed by atoms with Crippen molar-refractivity contribution in [3.8, 4) is 0 Å². The lowest BCUT2D eigenvalue weighted by Gasteiger charge is -2.46. The first-order valence-electron chi connectivity index (χ1n) is 7.79. The number of hydrogen-bond donors (Lipinski definition) is 1. The molecule has 0 saturated heterocycles. The second-order valence-electron chi connectivity index (χ2n) is 5.68. The fraction of sp³-hybridized carbons (Fsp3) is 0.647. The molecule has 0 bridgehead atoms. The largest absolute Gasteiger partial charge is 0.315 e. The molecule has 1 rings (SSSR count). The van der Waals surface area contributed by atoms with Crippen LogP contribution in [0.3, 0.4) is 0 Å². The van der Waals surface area contributed by atoms with Crippen LogP contribution in [-0.4, -0.2) is 36.6 Å². The zero-order valence-corrected chi connectivity index (χ0v) is 15.4. The fourth-order valence-corrected chi connectivity index (χ4v) is 3.60. The Bertz CT molecular complexity index is 448. The summed E-state index contributed by atoms with van der Waals surface area (Å²) in [4.78, 5) is 2.51. The lowest BCUT2D eigenvalue weighted by Crippen LogP contribution is -2.59. The van der Waals surface area contributed by atoms with Crippen molar-refractivity contribution in [3.63, 3.8) is 0 Å². The van der Waals surface area contributed by atoms with Gasteiger partial charge in [-0.2, -0.15) is 0 Å². The van der Waals surface area contributed by atoms with Crippen molar-refractivity contribution in [2.75, 3.05) is 20.1 Å². The minimum atomic E-state index is -0.207. The summed E-state index contributed by atoms with van der Waals surface area (Å²) in [6, 6.07) is 5.62. The quantitative estimate of drug-likeness (QED) is 0.747. The van der Waals surface area contributed by atoms with Gasteiger partial charge in [0.15, 0.2) is 0 Å². The molecule has 0 aliphatic carbocycles. The molecule has 0 heterocycles. The maximum atomic E-state index is 13.4. The zero-order valence-electron chi connectivity index (χ0n) is 13.8. The maximum Gasteiger partial charge on any atom is 0.137 e. The Labute approximate surface area is 137 Å². The number of likely N-dealkylation sites (N-methyl/N-ethyl adjacent to an activating group) is 2. The summed E-state index contributed by atoms with van der Waals surface area (Å²) in [7, 11) is 2.01. The first kappa shape index (κ1) is 18.6. The van der Waals surface area contributed by atoms with Gasteiger partial charge in [0.2, 0.25) is 0 Å². The smallest absolute Gasteiger partial charge is 0.137 e. The summed E-state index contributed by atoms with van der Waals surface area (Å²) in [6.45, 7) is 11.0. The third kappa shape index (κ3) is 4.27. The Morgan fingerprint density at radius 1 is 1.29 bits per heavy atom. The van der Waals surface area contributed by atoms with Crippen LogP contribution in [0.25, 0.3) is 0 Å². The van der Waals surface area contributed by atoms with E-state index in [1.807, 2.05) is 19.2 Å². The molecule has 2 atom stereocenters. The van der Waals surface area contributed by atoms with Crippen LogP contribution in [0.2, 0.25) is 0 Å². The van der Waals surface area contributed by atoms with Crippen molar-refractivity contribution in [1.29, 1.82) is 0 Å². The molecule has 0 amide bonds. The SMILES string of the molecule is CCN(CC)C(C)(CC)C(Cc1ccc(F)c(Br)c1)NC. The van der Waals surface area contributed by atoms with Gasteiger partial charge in [0.25, 0.3) is 0 Å². The second kappa shape index (κ2) is 8.25. The van der Waals surface area contributed by atoms with Crippen LogP contribution < -0.4 is 5.32 Å². The summed E-state index contributed by atoms with van der Waals surface area (Å²) in [5.74, 6) is -0.207. The first-order chi connectivity index (χ1) is 9.92. The molecule has 4 heteroatoms. The summed E-state index contributed by atoms with van der Waals surface area (Å²) in [5.41, 5.74) is 1.23. The molecule has 0 spiro atoms. The Kier molecular flexibility index (Phi) is 7.31. The molecule has 21 heavy (non-hydrogen) atoms. The van der Waals surface area contributed by atoms with Gasteiger partial charge < -0.3 is 5.32 Å². The zero-order chi connectivity index (χ0) is 16.0. The van der Waals surface area contributed by atoms with E-state index in [9.17, 15) is 4.39 Å². The van der Waals surface area contributed by atoms with Crippen LogP contribution in [0, 0.1) is 5.82 Å². The highest BCUT2D eigenvalue weighted by Crippen LogP contribution is 2.27. The Morgan fingerprint density at radius 3 is 2.33 bits per heavy atom. The topological polar surface area (TPSA) is 15.3 Å². The average Bonchev–Trinajstić information content (AvgIpc) is 2.49. The first-order valence-corrected chi connectivity index (χ1v) is 8.58. The van der Waals surface area contributed by atoms with E-state index < -0.39 is 0 Å². The molecule has 0 aliphatic rings. The minimum absolute atomic E-state index is 0.0825. The van der Waals surface area contributed by atoms with Gasteiger partial charge in [-0.3, -0.25) is 4.90 Å². The highest BCUT2D eigenvalue weighted by molar-refractivity contribution is 9.10. The van der Waals surface area contributed by atoms with Gasteiger partial charge in [-0.15, -0.1) is 0 Å². The summed E-state index contributed by atoms with van der Waals surface area (Å²) < 4.78 is 13.9. The van der Waals surface area contributed by atoms with Crippen molar-refractivity contribution in [3.05, 3.63) is 34.1 Å². The van der Waals surface area contributed by atoms with Crippen molar-refractivity contribution in [2.45, 2.75) is 52.1 Å². The predicted octanol–water partition coefficient (Wildman–Crippen LogP) is 4.23. The molecular weight excluding hydrogens is 331 g/mol. The van der Waals surface area contributed by atoms with Gasteiger partial charge in [-0.1, -0.05) is 26.8 Å². The molecule has 1 N–H and O–H groups in total. The number of nitrogens with zero attached hydrogens (tertiary/aromatic N) is 1. The average molecular weight is 359 g/mol. The van der Waals surface area contributed by atoms with Gasteiger partial charge >= 0.3 is 0 Å². The van der Waals surface area contributed by atoms with E-state index in [0.29, 0.717) is 10.5 Å². The van der Waals surface area contributed by atoms with Crippen LogP contribution >= 0.6 is 15.9 Å². The number of halogens is 2. The summed E-state index contributed by atoms with van der Waals surface area (Å²) >= 11 is 3.28. The van der Waals surface area contributed by atoms with Crippen LogP contribution in [0.4, 0.5) is 4.39 Å². The van der Waals surface area contributed by atoms with E-state index >= 15 is 0 Å². The van der Waals surface area contributed by atoms with E-state index in [0.717, 1.165) is 31.5 Å². The lowest BCUT2D eigenvalue weighted by atomic mass is 9.83. The highest BCUT2D eigenvalue weighted by Gasteiger charge is 2.36. The molecule has 1 aromatic rings. The van der Waals surface area contributed by atoms with Crippen molar-refractivity contribution >= 4 is 15.9 Å². The molecule has 120 valence electrons. The molecule has 0 saturated carbocycles. The summed E-state index contributed by atoms with van der Waals surface area (Å²) in [6.07, 6.45) is 1.96. The molecule has 0 aliphatic heterocycles. The molecule has 0 fully saturated rings. The molecule has 1 aromatic carbocycles. The van der Waals surface area contributed by atoms with Crippen LogP contribution in [0.1, 0.15) is 39.7 Å². The van der Waals surface area contributed by atoms with E-state index in [2.05, 4.69) is 53.8 Å². The lowest BCUT2D eigenvalue weighted by molar-refractivity contribution is 0.0730. The van der Waals surface area contributed by atoms with Gasteiger partial charge in [0.1, 0.15) is 5.82 Å². The van der Waals surface area contributed by atoms with E-state index in [1.165, 1.54) is 6.07 Å². The number of hydrogen-bond acceptors (Lipinski definition) is 2. The van der Waals surface area contributed by atoms with Gasteiger partial charge in [0.05, 0.1) is 4.47 Å². The van der Waals surface area contributed by atoms with E-state index in [4.69, 9.17) is 0 Å². The van der Waals surface area contributed by atoms with Crippen molar-refractivity contribution in [1.82, 2.24) is 10.2 Å². The van der Waals surface area contributed by atoms with Crippen LogP contribution in [0.15, 0.2) is 22.7 Å². The third-order valence-electron chi connectivity index (χ3n) is 4.72. The Morgan fingerprint density at radius 2 is 1.90 bits per heavy atom.